The van der Waals surface area contributed by atoms with Crippen molar-refractivity contribution in [1.82, 2.24) is 15.6 Å². The second-order valence-corrected chi connectivity index (χ2v) is 8.64. The van der Waals surface area contributed by atoms with Gasteiger partial charge in [-0.1, -0.05) is 12.1 Å². The second kappa shape index (κ2) is 10.7. The third kappa shape index (κ3) is 6.41. The lowest BCUT2D eigenvalue weighted by atomic mass is 10.2. The fourth-order valence-electron chi connectivity index (χ4n) is 2.43. The summed E-state index contributed by atoms with van der Waals surface area (Å²) in [5.41, 5.74) is 1.10. The topological polar surface area (TPSA) is 49.3 Å². The normalized spacial score (nSPS) is 16.1. The highest BCUT2D eigenvalue weighted by molar-refractivity contribution is 14.0. The van der Waals surface area contributed by atoms with Gasteiger partial charge >= 0.3 is 0 Å². The van der Waals surface area contributed by atoms with Crippen molar-refractivity contribution in [2.45, 2.75) is 30.7 Å². The molecule has 1 aliphatic heterocycles. The monoisotopic (exact) mass is 552 g/mol. The van der Waals surface area contributed by atoms with Crippen LogP contribution in [-0.4, -0.2) is 29.8 Å². The number of aromatic nitrogens is 1. The summed E-state index contributed by atoms with van der Waals surface area (Å²) >= 11 is 7.18. The van der Waals surface area contributed by atoms with Crippen LogP contribution in [0.2, 0.25) is 0 Å². The Balaban J connectivity index is 0.00000225. The molecule has 1 aromatic heterocycles. The van der Waals surface area contributed by atoms with E-state index in [0.717, 1.165) is 41.9 Å². The molecule has 1 aliphatic rings. The number of guanidine groups is 1. The van der Waals surface area contributed by atoms with E-state index >= 15 is 0 Å². The van der Waals surface area contributed by atoms with E-state index in [1.807, 2.05) is 24.8 Å². The molecule has 25 heavy (non-hydrogen) atoms. The molecule has 0 saturated heterocycles. The van der Waals surface area contributed by atoms with Crippen LogP contribution in [0.1, 0.15) is 29.6 Å². The zero-order chi connectivity index (χ0) is 16.8. The van der Waals surface area contributed by atoms with Gasteiger partial charge in [0.1, 0.15) is 0 Å². The third-order valence-corrected chi connectivity index (χ3v) is 6.60. The van der Waals surface area contributed by atoms with Gasteiger partial charge in [0.2, 0.25) is 0 Å². The van der Waals surface area contributed by atoms with E-state index in [9.17, 15) is 0 Å². The van der Waals surface area contributed by atoms with Crippen LogP contribution < -0.4 is 10.6 Å². The maximum atomic E-state index is 4.53. The molecule has 0 amide bonds. The number of aliphatic imine (C=N–C) groups is 1. The summed E-state index contributed by atoms with van der Waals surface area (Å²) in [5.74, 6) is 2.04. The van der Waals surface area contributed by atoms with E-state index in [1.165, 1.54) is 15.8 Å². The van der Waals surface area contributed by atoms with E-state index < -0.39 is 0 Å². The lowest BCUT2D eigenvalue weighted by molar-refractivity contribution is 0.673. The Morgan fingerprint density at radius 1 is 1.36 bits per heavy atom. The van der Waals surface area contributed by atoms with Gasteiger partial charge in [-0.25, -0.2) is 4.98 Å². The summed E-state index contributed by atoms with van der Waals surface area (Å²) < 4.78 is 1.18. The first kappa shape index (κ1) is 21.0. The average Bonchev–Trinajstić information content (AvgIpc) is 3.21. The van der Waals surface area contributed by atoms with Crippen LogP contribution in [0.15, 0.2) is 44.0 Å². The molecule has 2 N–H and O–H groups in total. The van der Waals surface area contributed by atoms with Crippen LogP contribution in [-0.2, 0) is 0 Å². The van der Waals surface area contributed by atoms with Crippen molar-refractivity contribution in [3.05, 3.63) is 44.8 Å². The number of thiazole rings is 1. The van der Waals surface area contributed by atoms with Crippen molar-refractivity contribution in [2.24, 2.45) is 4.99 Å². The molecule has 0 aliphatic carbocycles. The molecule has 0 spiro atoms. The van der Waals surface area contributed by atoms with E-state index in [0.29, 0.717) is 0 Å². The number of benzene rings is 1. The molecular formula is C17H22BrIN4S2. The molecule has 3 rings (SSSR count). The largest absolute Gasteiger partial charge is 0.356 e. The minimum absolute atomic E-state index is 0. The quantitative estimate of drug-likeness (QED) is 0.288. The summed E-state index contributed by atoms with van der Waals surface area (Å²) in [6, 6.07) is 8.61. The van der Waals surface area contributed by atoms with Crippen molar-refractivity contribution >= 4 is 69.0 Å². The standard InChI is InChI=1S/C17H21BrN4S2.HI/c1-12-21-15(11-24-12)14-10-20-17(22-14)19-8-4-5-9-23-16-7-3-2-6-13(16)18;/h2-3,6-7,11,14H,4-5,8-10H2,1H3,(H2,19,20,22);1H. The minimum atomic E-state index is 0. The Hall–Kier alpha value is -0.320. The van der Waals surface area contributed by atoms with E-state index in [1.54, 1.807) is 11.3 Å². The first-order valence-electron chi connectivity index (χ1n) is 8.06. The molecule has 0 radical (unpaired) electrons. The molecule has 136 valence electrons. The molecular weight excluding hydrogens is 531 g/mol. The summed E-state index contributed by atoms with van der Waals surface area (Å²) in [6.45, 7) is 3.75. The van der Waals surface area contributed by atoms with Crippen LogP contribution >= 0.6 is 63.0 Å². The van der Waals surface area contributed by atoms with Gasteiger partial charge in [0.15, 0.2) is 5.96 Å². The summed E-state index contributed by atoms with van der Waals surface area (Å²) in [6.07, 6.45) is 2.32. The molecule has 1 unspecified atom stereocenters. The van der Waals surface area contributed by atoms with Crippen LogP contribution in [0.25, 0.3) is 0 Å². The highest BCUT2D eigenvalue weighted by Gasteiger charge is 2.20. The minimum Gasteiger partial charge on any atom is -0.356 e. The Morgan fingerprint density at radius 2 is 2.20 bits per heavy atom. The maximum Gasteiger partial charge on any atom is 0.191 e. The predicted octanol–water partition coefficient (Wildman–Crippen LogP) is 4.99. The number of hydrogen-bond acceptors (Lipinski definition) is 6. The Bertz CT molecular complexity index is 707. The maximum absolute atomic E-state index is 4.53. The van der Waals surface area contributed by atoms with Crippen molar-refractivity contribution in [1.29, 1.82) is 0 Å². The number of nitrogens with one attached hydrogen (secondary N) is 2. The van der Waals surface area contributed by atoms with Gasteiger partial charge in [0.05, 0.1) is 23.3 Å². The van der Waals surface area contributed by atoms with Crippen molar-refractivity contribution < 1.29 is 0 Å². The van der Waals surface area contributed by atoms with Crippen LogP contribution in [0, 0.1) is 6.92 Å². The molecule has 0 bridgehead atoms. The molecule has 4 nitrogen and oxygen atoms in total. The lowest BCUT2D eigenvalue weighted by Crippen LogP contribution is -2.36. The SMILES string of the molecule is Cc1nc(C2CN=C(NCCCCSc3ccccc3Br)N2)cs1.I. The summed E-state index contributed by atoms with van der Waals surface area (Å²) in [5, 5.41) is 10.0. The Kier molecular flexibility index (Phi) is 9.01. The highest BCUT2D eigenvalue weighted by atomic mass is 127. The van der Waals surface area contributed by atoms with Crippen molar-refractivity contribution in [3.63, 3.8) is 0 Å². The van der Waals surface area contributed by atoms with Crippen molar-refractivity contribution in [3.8, 4) is 0 Å². The molecule has 2 heterocycles. The zero-order valence-corrected chi connectivity index (χ0v) is 19.5. The molecule has 1 aromatic carbocycles. The van der Waals surface area contributed by atoms with Crippen LogP contribution in [0.5, 0.6) is 0 Å². The molecule has 0 fully saturated rings. The van der Waals surface area contributed by atoms with Crippen LogP contribution in [0.3, 0.4) is 0 Å². The smallest absolute Gasteiger partial charge is 0.191 e. The van der Waals surface area contributed by atoms with Crippen molar-refractivity contribution in [2.75, 3.05) is 18.8 Å². The molecule has 0 saturated carbocycles. The molecule has 8 heteroatoms. The molecule has 1 atom stereocenters. The Labute approximate surface area is 182 Å². The Morgan fingerprint density at radius 3 is 2.96 bits per heavy atom. The lowest BCUT2D eigenvalue weighted by Gasteiger charge is -2.10. The number of halogens is 2. The van der Waals surface area contributed by atoms with Gasteiger partial charge in [-0.15, -0.1) is 47.1 Å². The van der Waals surface area contributed by atoms with Gasteiger partial charge in [-0.2, -0.15) is 0 Å². The van der Waals surface area contributed by atoms with Gasteiger partial charge in [-0.05, 0) is 53.6 Å². The number of unbranched alkanes of at least 4 members (excludes halogenated alkanes) is 1. The van der Waals surface area contributed by atoms with Gasteiger partial charge < -0.3 is 10.6 Å². The highest BCUT2D eigenvalue weighted by Crippen LogP contribution is 2.27. The van der Waals surface area contributed by atoms with Gasteiger partial charge in [-0.3, -0.25) is 4.99 Å². The first-order valence-corrected chi connectivity index (χ1v) is 10.7. The van der Waals surface area contributed by atoms with Gasteiger partial charge in [0.25, 0.3) is 0 Å². The average molecular weight is 553 g/mol. The number of thioether (sulfide) groups is 1. The van der Waals surface area contributed by atoms with E-state index in [4.69, 9.17) is 0 Å². The number of hydrogen-bond donors (Lipinski definition) is 2. The van der Waals surface area contributed by atoms with Gasteiger partial charge in [0, 0.05) is 21.3 Å². The summed E-state index contributed by atoms with van der Waals surface area (Å²) in [4.78, 5) is 10.4. The molecule has 2 aromatic rings. The first-order chi connectivity index (χ1) is 11.7. The fourth-order valence-corrected chi connectivity index (χ4v) is 4.67. The predicted molar refractivity (Wildman–Crippen MR) is 123 cm³/mol. The second-order valence-electron chi connectivity index (χ2n) is 5.59. The van der Waals surface area contributed by atoms with E-state index in [2.05, 4.69) is 60.1 Å². The fraction of sp³-hybridized carbons (Fsp3) is 0.412. The van der Waals surface area contributed by atoms with E-state index in [-0.39, 0.29) is 30.0 Å². The number of nitrogens with zero attached hydrogens (tertiary/aromatic N) is 2. The number of rotatable bonds is 7. The zero-order valence-electron chi connectivity index (χ0n) is 14.0. The van der Waals surface area contributed by atoms with Crippen LogP contribution in [0.4, 0.5) is 0 Å². The third-order valence-electron chi connectivity index (χ3n) is 3.69. The summed E-state index contributed by atoms with van der Waals surface area (Å²) in [7, 11) is 0. The number of aryl methyl sites for hydroxylation is 1.